The van der Waals surface area contributed by atoms with Gasteiger partial charge in [-0.1, -0.05) is 0 Å². The lowest BCUT2D eigenvalue weighted by Gasteiger charge is -2.11. The summed E-state index contributed by atoms with van der Waals surface area (Å²) in [4.78, 5) is 10.6. The molecule has 2 heteroatoms. The zero-order valence-electron chi connectivity index (χ0n) is 8.54. The molecular formula is C12H14O2. The van der Waals surface area contributed by atoms with E-state index in [-0.39, 0.29) is 0 Å². The number of carbonyl (C=O) groups is 1. The Hall–Kier alpha value is -1.31. The maximum Gasteiger partial charge on any atom is 0.150 e. The number of ether oxygens (including phenoxy) is 1. The minimum Gasteiger partial charge on any atom is -0.490 e. The summed E-state index contributed by atoms with van der Waals surface area (Å²) in [5.41, 5.74) is 2.83. The Kier molecular flexibility index (Phi) is 2.28. The first-order valence-corrected chi connectivity index (χ1v) is 4.94. The van der Waals surface area contributed by atoms with Crippen LogP contribution in [0, 0.1) is 13.8 Å². The molecule has 2 rings (SSSR count). The Morgan fingerprint density at radius 1 is 1.29 bits per heavy atom. The van der Waals surface area contributed by atoms with Gasteiger partial charge in [0.2, 0.25) is 0 Å². The molecule has 0 atom stereocenters. The molecule has 0 heterocycles. The molecule has 0 saturated heterocycles. The van der Waals surface area contributed by atoms with Gasteiger partial charge in [-0.3, -0.25) is 4.79 Å². The SMILES string of the molecule is Cc1cc(C=O)cc(C)c1OC1CC1. The zero-order chi connectivity index (χ0) is 10.1. The fourth-order valence-corrected chi connectivity index (χ4v) is 1.59. The quantitative estimate of drug-likeness (QED) is 0.685. The van der Waals surface area contributed by atoms with Crippen molar-refractivity contribution in [1.82, 2.24) is 0 Å². The summed E-state index contributed by atoms with van der Waals surface area (Å²) in [6, 6.07) is 3.75. The topological polar surface area (TPSA) is 26.3 Å². The van der Waals surface area contributed by atoms with E-state index in [2.05, 4.69) is 0 Å². The highest BCUT2D eigenvalue weighted by Crippen LogP contribution is 2.31. The van der Waals surface area contributed by atoms with Crippen LogP contribution in [0.5, 0.6) is 5.75 Å². The van der Waals surface area contributed by atoms with Crippen LogP contribution in [0.2, 0.25) is 0 Å². The third-order valence-electron chi connectivity index (χ3n) is 2.43. The van der Waals surface area contributed by atoms with Gasteiger partial charge < -0.3 is 4.74 Å². The predicted octanol–water partition coefficient (Wildman–Crippen LogP) is 2.66. The summed E-state index contributed by atoms with van der Waals surface area (Å²) >= 11 is 0. The van der Waals surface area contributed by atoms with E-state index in [9.17, 15) is 4.79 Å². The summed E-state index contributed by atoms with van der Waals surface area (Å²) < 4.78 is 5.77. The monoisotopic (exact) mass is 190 g/mol. The molecule has 0 aromatic heterocycles. The van der Waals surface area contributed by atoms with Gasteiger partial charge in [0.1, 0.15) is 12.0 Å². The van der Waals surface area contributed by atoms with E-state index < -0.39 is 0 Å². The maximum absolute atomic E-state index is 10.6. The molecule has 1 saturated carbocycles. The number of benzene rings is 1. The maximum atomic E-state index is 10.6. The summed E-state index contributed by atoms with van der Waals surface area (Å²) in [5, 5.41) is 0. The van der Waals surface area contributed by atoms with Crippen molar-refractivity contribution in [1.29, 1.82) is 0 Å². The molecule has 74 valence electrons. The average molecular weight is 190 g/mol. The second-order valence-electron chi connectivity index (χ2n) is 3.92. The lowest BCUT2D eigenvalue weighted by atomic mass is 10.1. The van der Waals surface area contributed by atoms with Crippen LogP contribution in [0.3, 0.4) is 0 Å². The number of rotatable bonds is 3. The van der Waals surface area contributed by atoms with Crippen LogP contribution in [0.1, 0.15) is 34.3 Å². The summed E-state index contributed by atoms with van der Waals surface area (Å²) in [7, 11) is 0. The van der Waals surface area contributed by atoms with Gasteiger partial charge in [-0.05, 0) is 49.9 Å². The van der Waals surface area contributed by atoms with Crippen LogP contribution in [0.15, 0.2) is 12.1 Å². The molecule has 0 N–H and O–H groups in total. The number of aryl methyl sites for hydroxylation is 2. The summed E-state index contributed by atoms with van der Waals surface area (Å²) in [6.07, 6.45) is 3.61. The third kappa shape index (κ3) is 1.79. The highest BCUT2D eigenvalue weighted by Gasteiger charge is 2.24. The molecule has 14 heavy (non-hydrogen) atoms. The van der Waals surface area contributed by atoms with Crippen LogP contribution < -0.4 is 4.74 Å². The standard InChI is InChI=1S/C12H14O2/c1-8-5-10(7-13)6-9(2)12(8)14-11-3-4-11/h5-7,11H,3-4H2,1-2H3. The molecule has 1 fully saturated rings. The van der Waals surface area contributed by atoms with Gasteiger partial charge in [-0.15, -0.1) is 0 Å². The Morgan fingerprint density at radius 3 is 2.29 bits per heavy atom. The van der Waals surface area contributed by atoms with Gasteiger partial charge in [0.05, 0.1) is 6.10 Å². The molecule has 0 spiro atoms. The van der Waals surface area contributed by atoms with Crippen molar-refractivity contribution in [2.75, 3.05) is 0 Å². The highest BCUT2D eigenvalue weighted by atomic mass is 16.5. The minimum absolute atomic E-state index is 0.412. The van der Waals surface area contributed by atoms with Gasteiger partial charge >= 0.3 is 0 Å². The van der Waals surface area contributed by atoms with E-state index in [0.29, 0.717) is 6.10 Å². The molecule has 0 unspecified atom stereocenters. The Morgan fingerprint density at radius 2 is 1.86 bits per heavy atom. The zero-order valence-corrected chi connectivity index (χ0v) is 8.54. The van der Waals surface area contributed by atoms with Crippen molar-refractivity contribution >= 4 is 6.29 Å². The highest BCUT2D eigenvalue weighted by molar-refractivity contribution is 5.76. The van der Waals surface area contributed by atoms with E-state index >= 15 is 0 Å². The summed E-state index contributed by atoms with van der Waals surface area (Å²) in [6.45, 7) is 3.97. The predicted molar refractivity (Wildman–Crippen MR) is 55.0 cm³/mol. The van der Waals surface area contributed by atoms with Crippen molar-refractivity contribution < 1.29 is 9.53 Å². The molecule has 0 bridgehead atoms. The first-order chi connectivity index (χ1) is 6.70. The van der Waals surface area contributed by atoms with Gasteiger partial charge in [-0.2, -0.15) is 0 Å². The van der Waals surface area contributed by atoms with Gasteiger partial charge in [-0.25, -0.2) is 0 Å². The van der Waals surface area contributed by atoms with Crippen LogP contribution in [-0.4, -0.2) is 12.4 Å². The molecule has 0 aliphatic heterocycles. The van der Waals surface area contributed by atoms with Crippen molar-refractivity contribution in [3.63, 3.8) is 0 Å². The smallest absolute Gasteiger partial charge is 0.150 e. The Bertz CT molecular complexity index is 342. The molecule has 1 aromatic rings. The van der Waals surface area contributed by atoms with Crippen molar-refractivity contribution in [2.45, 2.75) is 32.8 Å². The first kappa shape index (κ1) is 9.25. The fourth-order valence-electron chi connectivity index (χ4n) is 1.59. The second-order valence-corrected chi connectivity index (χ2v) is 3.92. The van der Waals surface area contributed by atoms with Gasteiger partial charge in [0, 0.05) is 5.56 Å². The third-order valence-corrected chi connectivity index (χ3v) is 2.43. The van der Waals surface area contributed by atoms with E-state index in [0.717, 1.165) is 41.6 Å². The number of hydrogen-bond donors (Lipinski definition) is 0. The van der Waals surface area contributed by atoms with E-state index in [1.165, 1.54) is 0 Å². The van der Waals surface area contributed by atoms with Crippen molar-refractivity contribution in [2.24, 2.45) is 0 Å². The Balaban J connectivity index is 2.32. The van der Waals surface area contributed by atoms with Gasteiger partial charge in [0.25, 0.3) is 0 Å². The van der Waals surface area contributed by atoms with E-state index in [4.69, 9.17) is 4.74 Å². The molecule has 1 aliphatic rings. The van der Waals surface area contributed by atoms with Crippen LogP contribution in [0.4, 0.5) is 0 Å². The van der Waals surface area contributed by atoms with Crippen molar-refractivity contribution in [3.8, 4) is 5.75 Å². The molecule has 1 aromatic carbocycles. The van der Waals surface area contributed by atoms with Crippen LogP contribution in [0.25, 0.3) is 0 Å². The van der Waals surface area contributed by atoms with Gasteiger partial charge in [0.15, 0.2) is 0 Å². The second kappa shape index (κ2) is 3.45. The van der Waals surface area contributed by atoms with Crippen LogP contribution in [-0.2, 0) is 0 Å². The van der Waals surface area contributed by atoms with Crippen LogP contribution >= 0.6 is 0 Å². The average Bonchev–Trinajstić information content (AvgIpc) is 2.94. The number of hydrogen-bond acceptors (Lipinski definition) is 2. The number of aldehydes is 1. The molecular weight excluding hydrogens is 176 g/mol. The number of carbonyl (C=O) groups excluding carboxylic acids is 1. The molecule has 0 amide bonds. The first-order valence-electron chi connectivity index (χ1n) is 4.94. The summed E-state index contributed by atoms with van der Waals surface area (Å²) in [5.74, 6) is 0.957. The Labute approximate surface area is 83.9 Å². The largest absolute Gasteiger partial charge is 0.490 e. The fraction of sp³-hybridized carbons (Fsp3) is 0.417. The van der Waals surface area contributed by atoms with E-state index in [1.54, 1.807) is 0 Å². The normalized spacial score (nSPS) is 15.3. The van der Waals surface area contributed by atoms with Crippen molar-refractivity contribution in [3.05, 3.63) is 28.8 Å². The molecule has 1 aliphatic carbocycles. The van der Waals surface area contributed by atoms with E-state index in [1.807, 2.05) is 26.0 Å². The molecule has 0 radical (unpaired) electrons. The lowest BCUT2D eigenvalue weighted by molar-refractivity contribution is 0.112. The molecule has 2 nitrogen and oxygen atoms in total. The minimum atomic E-state index is 0.412. The lowest BCUT2D eigenvalue weighted by Crippen LogP contribution is -2.00.